The maximum Gasteiger partial charge on any atom is 0.175 e. The lowest BCUT2D eigenvalue weighted by Crippen LogP contribution is -2.31. The van der Waals surface area contributed by atoms with Crippen LogP contribution in [0.3, 0.4) is 0 Å². The van der Waals surface area contributed by atoms with Gasteiger partial charge in [-0.15, -0.1) is 0 Å². The molecular formula is C19H23BrFNO3. The Kier molecular flexibility index (Phi) is 7.68. The Balaban J connectivity index is 2.09. The Morgan fingerprint density at radius 1 is 1.20 bits per heavy atom. The van der Waals surface area contributed by atoms with E-state index in [0.717, 1.165) is 22.0 Å². The number of aliphatic hydroxyl groups excluding tert-OH is 1. The average Bonchev–Trinajstić information content (AvgIpc) is 2.62. The topological polar surface area (TPSA) is 50.7 Å². The van der Waals surface area contributed by atoms with E-state index in [4.69, 9.17) is 9.47 Å². The molecule has 0 aliphatic heterocycles. The van der Waals surface area contributed by atoms with Gasteiger partial charge in [-0.1, -0.05) is 19.1 Å². The zero-order valence-corrected chi connectivity index (χ0v) is 16.0. The van der Waals surface area contributed by atoms with Gasteiger partial charge in [-0.25, -0.2) is 4.39 Å². The van der Waals surface area contributed by atoms with Gasteiger partial charge in [0.05, 0.1) is 18.2 Å². The first kappa shape index (κ1) is 19.7. The number of hydrogen-bond acceptors (Lipinski definition) is 4. The highest BCUT2D eigenvalue weighted by molar-refractivity contribution is 9.10. The molecule has 0 amide bonds. The van der Waals surface area contributed by atoms with Gasteiger partial charge in [0.15, 0.2) is 11.5 Å². The van der Waals surface area contributed by atoms with Crippen molar-refractivity contribution >= 4 is 15.9 Å². The molecule has 0 unspecified atom stereocenters. The van der Waals surface area contributed by atoms with E-state index in [1.807, 2.05) is 19.1 Å². The number of ether oxygens (including phenoxy) is 2. The average molecular weight is 412 g/mol. The van der Waals surface area contributed by atoms with Crippen LogP contribution in [0.25, 0.3) is 0 Å². The van der Waals surface area contributed by atoms with Crippen molar-refractivity contribution in [2.75, 3.05) is 13.7 Å². The summed E-state index contributed by atoms with van der Waals surface area (Å²) in [6.07, 6.45) is 0.855. The number of rotatable bonds is 9. The summed E-state index contributed by atoms with van der Waals surface area (Å²) in [6.45, 7) is 3.06. The first-order chi connectivity index (χ1) is 12.1. The number of benzene rings is 2. The molecular weight excluding hydrogens is 389 g/mol. The van der Waals surface area contributed by atoms with Gasteiger partial charge in [-0.3, -0.25) is 0 Å². The van der Waals surface area contributed by atoms with Crippen LogP contribution in [0.5, 0.6) is 11.5 Å². The van der Waals surface area contributed by atoms with Crippen LogP contribution in [-0.2, 0) is 13.2 Å². The van der Waals surface area contributed by atoms with Crippen LogP contribution in [-0.4, -0.2) is 24.9 Å². The van der Waals surface area contributed by atoms with E-state index in [-0.39, 0.29) is 18.5 Å². The second-order valence-corrected chi connectivity index (χ2v) is 6.55. The molecule has 0 fully saturated rings. The minimum Gasteiger partial charge on any atom is -0.493 e. The van der Waals surface area contributed by atoms with Crippen molar-refractivity contribution in [3.8, 4) is 11.5 Å². The largest absolute Gasteiger partial charge is 0.493 e. The van der Waals surface area contributed by atoms with E-state index in [2.05, 4.69) is 21.2 Å². The highest BCUT2D eigenvalue weighted by atomic mass is 79.9. The summed E-state index contributed by atoms with van der Waals surface area (Å²) in [4.78, 5) is 0. The molecule has 2 aromatic carbocycles. The van der Waals surface area contributed by atoms with Gasteiger partial charge in [0.2, 0.25) is 0 Å². The fourth-order valence-electron chi connectivity index (χ4n) is 2.35. The minimum absolute atomic E-state index is 0.0687. The van der Waals surface area contributed by atoms with Crippen molar-refractivity contribution in [2.45, 2.75) is 32.5 Å². The first-order valence-electron chi connectivity index (χ1n) is 8.15. The highest BCUT2D eigenvalue weighted by Gasteiger charge is 2.13. The van der Waals surface area contributed by atoms with Crippen LogP contribution in [0.15, 0.2) is 40.9 Å². The van der Waals surface area contributed by atoms with Crippen LogP contribution in [0, 0.1) is 5.82 Å². The van der Waals surface area contributed by atoms with Crippen molar-refractivity contribution in [3.63, 3.8) is 0 Å². The Labute approximate surface area is 156 Å². The summed E-state index contributed by atoms with van der Waals surface area (Å²) in [5, 5.41) is 12.6. The zero-order valence-electron chi connectivity index (χ0n) is 14.4. The molecule has 0 aliphatic carbocycles. The van der Waals surface area contributed by atoms with Crippen molar-refractivity contribution in [3.05, 3.63) is 57.8 Å². The Bertz CT molecular complexity index is 675. The number of hydrogen-bond donors (Lipinski definition) is 2. The van der Waals surface area contributed by atoms with Crippen LogP contribution in [0.1, 0.15) is 24.5 Å². The van der Waals surface area contributed by atoms with Crippen molar-refractivity contribution in [1.29, 1.82) is 0 Å². The monoisotopic (exact) mass is 411 g/mol. The Morgan fingerprint density at radius 2 is 1.92 bits per heavy atom. The molecule has 2 rings (SSSR count). The zero-order chi connectivity index (χ0) is 18.2. The van der Waals surface area contributed by atoms with Crippen molar-refractivity contribution in [2.24, 2.45) is 0 Å². The predicted molar refractivity (Wildman–Crippen MR) is 99.4 cm³/mol. The molecule has 0 heterocycles. The van der Waals surface area contributed by atoms with Crippen LogP contribution in [0.2, 0.25) is 0 Å². The van der Waals surface area contributed by atoms with Gasteiger partial charge >= 0.3 is 0 Å². The van der Waals surface area contributed by atoms with Crippen molar-refractivity contribution < 1.29 is 19.0 Å². The quantitative estimate of drug-likeness (QED) is 0.653. The van der Waals surface area contributed by atoms with Crippen LogP contribution < -0.4 is 14.8 Å². The molecule has 0 aliphatic rings. The summed E-state index contributed by atoms with van der Waals surface area (Å²) in [6, 6.07) is 10.1. The smallest absolute Gasteiger partial charge is 0.175 e. The molecule has 0 bridgehead atoms. The summed E-state index contributed by atoms with van der Waals surface area (Å²) in [7, 11) is 1.59. The number of methoxy groups -OCH3 is 1. The first-order valence-corrected chi connectivity index (χ1v) is 8.94. The second-order valence-electron chi connectivity index (χ2n) is 5.69. The molecule has 0 saturated heterocycles. The minimum atomic E-state index is -0.271. The molecule has 136 valence electrons. The summed E-state index contributed by atoms with van der Waals surface area (Å²) in [5.74, 6) is 0.947. The third kappa shape index (κ3) is 5.70. The Hall–Kier alpha value is -1.63. The fraction of sp³-hybridized carbons (Fsp3) is 0.368. The third-order valence-electron chi connectivity index (χ3n) is 3.89. The normalized spacial score (nSPS) is 12.0. The number of nitrogens with one attached hydrogen (secondary N) is 1. The van der Waals surface area contributed by atoms with Crippen molar-refractivity contribution in [1.82, 2.24) is 5.32 Å². The fourth-order valence-corrected chi connectivity index (χ4v) is 2.96. The SMILES string of the molecule is CC[C@H](CO)NCc1cc(Br)c(OCc2ccc(F)cc2)c(OC)c1. The van der Waals surface area contributed by atoms with E-state index in [9.17, 15) is 9.50 Å². The highest BCUT2D eigenvalue weighted by Crippen LogP contribution is 2.37. The summed E-state index contributed by atoms with van der Waals surface area (Å²) >= 11 is 3.52. The van der Waals surface area contributed by atoms with Crippen LogP contribution >= 0.6 is 15.9 Å². The molecule has 2 aromatic rings. The molecule has 0 spiro atoms. The number of aliphatic hydroxyl groups is 1. The standard InChI is InChI=1S/C19H23BrFNO3/c1-3-16(11-23)22-10-14-8-17(20)19(18(9-14)24-2)25-12-13-4-6-15(21)7-5-13/h4-9,16,22-23H,3,10-12H2,1-2H3/t16-/m1/s1. The molecule has 2 N–H and O–H groups in total. The molecule has 0 saturated carbocycles. The Morgan fingerprint density at radius 3 is 2.52 bits per heavy atom. The lowest BCUT2D eigenvalue weighted by molar-refractivity contribution is 0.238. The summed E-state index contributed by atoms with van der Waals surface area (Å²) in [5.41, 5.74) is 1.89. The van der Waals surface area contributed by atoms with Gasteiger partial charge < -0.3 is 19.9 Å². The van der Waals surface area contributed by atoms with E-state index < -0.39 is 0 Å². The molecule has 0 aromatic heterocycles. The lowest BCUT2D eigenvalue weighted by atomic mass is 10.1. The molecule has 25 heavy (non-hydrogen) atoms. The van der Waals surface area contributed by atoms with Gasteiger partial charge in [0.1, 0.15) is 12.4 Å². The van der Waals surface area contributed by atoms with Gasteiger partial charge in [-0.05, 0) is 57.7 Å². The predicted octanol–water partition coefficient (Wildman–Crippen LogP) is 4.04. The van der Waals surface area contributed by atoms with Crippen LogP contribution in [0.4, 0.5) is 4.39 Å². The maximum absolute atomic E-state index is 13.0. The van der Waals surface area contributed by atoms with E-state index in [1.54, 1.807) is 19.2 Å². The second kappa shape index (κ2) is 9.75. The summed E-state index contributed by atoms with van der Waals surface area (Å²) < 4.78 is 25.0. The lowest BCUT2D eigenvalue weighted by Gasteiger charge is -2.17. The van der Waals surface area contributed by atoms with E-state index in [0.29, 0.717) is 24.7 Å². The molecule has 6 heteroatoms. The van der Waals surface area contributed by atoms with E-state index in [1.165, 1.54) is 12.1 Å². The van der Waals surface area contributed by atoms with Gasteiger partial charge in [0, 0.05) is 12.6 Å². The molecule has 0 radical (unpaired) electrons. The van der Waals surface area contributed by atoms with Gasteiger partial charge in [0.25, 0.3) is 0 Å². The van der Waals surface area contributed by atoms with Gasteiger partial charge in [-0.2, -0.15) is 0 Å². The molecule has 1 atom stereocenters. The maximum atomic E-state index is 13.0. The van der Waals surface area contributed by atoms with E-state index >= 15 is 0 Å². The molecule has 4 nitrogen and oxygen atoms in total. The number of halogens is 2. The third-order valence-corrected chi connectivity index (χ3v) is 4.48.